The van der Waals surface area contributed by atoms with Crippen LogP contribution in [0.4, 0.5) is 0 Å². The second-order valence-electron chi connectivity index (χ2n) is 1.99. The SMILES string of the molecule is Brc1ccc(Br)c2nsnc12.[2H][B][3H]. The highest BCUT2D eigenvalue weighted by molar-refractivity contribution is 9.11. The molecule has 0 fully saturated rings. The molecule has 0 aliphatic heterocycles. The van der Waals surface area contributed by atoms with Gasteiger partial charge in [-0.1, -0.05) is 0 Å². The molecular formula is C6H4BBr2N2S. The van der Waals surface area contributed by atoms with E-state index in [1.807, 2.05) is 12.1 Å². The summed E-state index contributed by atoms with van der Waals surface area (Å²) >= 11 is 8.01. The summed E-state index contributed by atoms with van der Waals surface area (Å²) in [6.07, 6.45) is 0. The summed E-state index contributed by atoms with van der Waals surface area (Å²) < 4.78 is 21.7. The van der Waals surface area contributed by atoms with E-state index in [1.54, 1.807) is 0 Å². The molecule has 0 saturated carbocycles. The Kier molecular flexibility index (Phi) is 2.40. The molecule has 0 bridgehead atoms. The van der Waals surface area contributed by atoms with Crippen molar-refractivity contribution < 1.29 is 0 Å². The molecule has 0 atom stereocenters. The van der Waals surface area contributed by atoms with Crippen molar-refractivity contribution in [3.8, 4) is 0 Å². The van der Waals surface area contributed by atoms with Crippen molar-refractivity contribution in [1.82, 2.24) is 8.75 Å². The van der Waals surface area contributed by atoms with E-state index in [2.05, 4.69) is 40.6 Å². The first kappa shape index (κ1) is 7.47. The van der Waals surface area contributed by atoms with Gasteiger partial charge in [0.25, 0.3) is 0 Å². The lowest BCUT2D eigenvalue weighted by atomic mass is 10.3. The lowest BCUT2D eigenvalue weighted by molar-refractivity contribution is 1.58. The van der Waals surface area contributed by atoms with Crippen molar-refractivity contribution in [2.24, 2.45) is 0 Å². The minimum Gasteiger partial charge on any atom is -0.172 e. The number of hydrogen-bond donors (Lipinski definition) is 0. The maximum atomic E-state index is 5.75. The van der Waals surface area contributed by atoms with Crippen molar-refractivity contribution in [2.45, 2.75) is 0 Å². The molecule has 1 heterocycles. The lowest BCUT2D eigenvalue weighted by Crippen LogP contribution is -1.73. The highest BCUT2D eigenvalue weighted by Crippen LogP contribution is 2.28. The Morgan fingerprint density at radius 1 is 1.42 bits per heavy atom. The van der Waals surface area contributed by atoms with Crippen LogP contribution in [0.2, 0.25) is 0 Å². The Bertz CT molecular complexity index is 389. The maximum Gasteiger partial charge on any atom is 0.120 e. The fourth-order valence-corrected chi connectivity index (χ4v) is 2.43. The van der Waals surface area contributed by atoms with Gasteiger partial charge in [0, 0.05) is 8.95 Å². The minimum atomic E-state index is 0.500. The smallest absolute Gasteiger partial charge is 0.120 e. The van der Waals surface area contributed by atoms with E-state index >= 15 is 0 Å². The Balaban J connectivity index is 0.000000293. The van der Waals surface area contributed by atoms with Crippen LogP contribution in [0, 0.1) is 0 Å². The van der Waals surface area contributed by atoms with Gasteiger partial charge in [-0.15, -0.1) is 0 Å². The number of aromatic nitrogens is 2. The van der Waals surface area contributed by atoms with Crippen molar-refractivity contribution in [2.75, 3.05) is 0 Å². The summed E-state index contributed by atoms with van der Waals surface area (Å²) in [4.78, 5) is 0. The maximum absolute atomic E-state index is 5.75. The van der Waals surface area contributed by atoms with Crippen molar-refractivity contribution in [3.05, 3.63) is 21.1 Å². The predicted octanol–water partition coefficient (Wildman–Crippen LogP) is 2.30. The average molecular weight is 310 g/mol. The Hall–Kier alpha value is 0.0649. The molecule has 1 radical (unpaired) electrons. The van der Waals surface area contributed by atoms with Gasteiger partial charge in [-0.25, -0.2) is 0 Å². The van der Waals surface area contributed by atoms with Gasteiger partial charge in [0.05, 0.1) is 20.1 Å². The third-order valence-corrected chi connectivity index (χ3v) is 3.13. The Morgan fingerprint density at radius 2 is 1.83 bits per heavy atom. The van der Waals surface area contributed by atoms with Crippen LogP contribution in [0.5, 0.6) is 0 Å². The van der Waals surface area contributed by atoms with Crippen LogP contribution in [-0.4, -0.2) is 19.8 Å². The van der Waals surface area contributed by atoms with E-state index in [1.165, 1.54) is 11.7 Å². The third-order valence-electron chi connectivity index (χ3n) is 1.32. The summed E-state index contributed by atoms with van der Waals surface area (Å²) in [6.45, 7) is 0. The van der Waals surface area contributed by atoms with Gasteiger partial charge in [-0.05, 0) is 46.7 Å². The average Bonchev–Trinajstić information content (AvgIpc) is 2.62. The van der Waals surface area contributed by atoms with Crippen LogP contribution < -0.4 is 0 Å². The Morgan fingerprint density at radius 3 is 2.25 bits per heavy atom. The topological polar surface area (TPSA) is 25.8 Å². The number of halogens is 2. The predicted molar refractivity (Wildman–Crippen MR) is 61.4 cm³/mol. The lowest BCUT2D eigenvalue weighted by Gasteiger charge is -1.92. The molecule has 0 aliphatic rings. The molecule has 61 valence electrons. The molecule has 0 N–H and O–H groups in total. The van der Waals surface area contributed by atoms with Crippen molar-refractivity contribution >= 4 is 63.0 Å². The number of benzene rings is 1. The highest BCUT2D eigenvalue weighted by Gasteiger charge is 2.05. The minimum absolute atomic E-state index is 0.500. The van der Waals surface area contributed by atoms with Crippen LogP contribution in [0.15, 0.2) is 21.1 Å². The molecule has 0 aliphatic carbocycles. The van der Waals surface area contributed by atoms with Crippen molar-refractivity contribution in [3.63, 3.8) is 0 Å². The molecule has 6 heteroatoms. The second kappa shape index (κ2) is 3.85. The molecular weight excluding hydrogens is 303 g/mol. The van der Waals surface area contributed by atoms with E-state index in [0.717, 1.165) is 20.0 Å². The zero-order valence-electron chi connectivity index (χ0n) is 7.79. The molecule has 2 rings (SSSR count). The molecule has 2 aromatic rings. The quantitative estimate of drug-likeness (QED) is 0.698. The molecule has 12 heavy (non-hydrogen) atoms. The first-order valence-corrected chi connectivity index (χ1v) is 5.17. The van der Waals surface area contributed by atoms with Crippen LogP contribution in [0.25, 0.3) is 11.0 Å². The van der Waals surface area contributed by atoms with E-state index in [-0.39, 0.29) is 0 Å². The van der Waals surface area contributed by atoms with Gasteiger partial charge in [0.15, 0.2) is 0 Å². The number of rotatable bonds is 0. The van der Waals surface area contributed by atoms with Crippen LogP contribution in [0.1, 0.15) is 0 Å². The van der Waals surface area contributed by atoms with Gasteiger partial charge >= 0.3 is 0 Å². The molecule has 0 unspecified atom stereocenters. The van der Waals surface area contributed by atoms with E-state index in [4.69, 9.17) is 2.67 Å². The molecule has 1 aromatic carbocycles. The van der Waals surface area contributed by atoms with Gasteiger partial charge in [0.1, 0.15) is 11.0 Å². The summed E-state index contributed by atoms with van der Waals surface area (Å²) in [5.41, 5.74) is 1.84. The fourth-order valence-electron chi connectivity index (χ4n) is 0.806. The van der Waals surface area contributed by atoms with Gasteiger partial charge < -0.3 is 0 Å². The highest BCUT2D eigenvalue weighted by atomic mass is 79.9. The van der Waals surface area contributed by atoms with Crippen molar-refractivity contribution in [1.29, 1.82) is 2.67 Å². The standard InChI is InChI=1S/C6H2Br2N2S.BH2/c7-3-1-2-4(8)6-5(3)9-11-10-6;/h1-2H;1H2/i;1TD. The molecule has 0 amide bonds. The first-order chi connectivity index (χ1) is 6.70. The number of fused-ring (bicyclic) bond motifs is 1. The second-order valence-corrected chi connectivity index (χ2v) is 4.23. The summed E-state index contributed by atoms with van der Waals surface area (Å²) in [7, 11) is 0.500. The molecule has 2 nitrogen and oxygen atoms in total. The van der Waals surface area contributed by atoms with Crippen LogP contribution in [0.3, 0.4) is 0 Å². The molecule has 1 aromatic heterocycles. The summed E-state index contributed by atoms with van der Waals surface area (Å²) in [5, 5.41) is 0. The third kappa shape index (κ3) is 1.55. The number of hydrogen-bond acceptors (Lipinski definition) is 3. The van der Waals surface area contributed by atoms with Gasteiger partial charge in [0.2, 0.25) is 0 Å². The van der Waals surface area contributed by atoms with E-state index in [9.17, 15) is 0 Å². The summed E-state index contributed by atoms with van der Waals surface area (Å²) in [6, 6.07) is 3.90. The number of nitrogens with zero attached hydrogens (tertiary/aromatic N) is 2. The zero-order chi connectivity index (χ0) is 10.6. The first-order valence-electron chi connectivity index (χ1n) is 4.01. The van der Waals surface area contributed by atoms with Crippen LogP contribution >= 0.6 is 43.6 Å². The molecule has 0 spiro atoms. The summed E-state index contributed by atoms with van der Waals surface area (Å²) in [5.74, 6) is 0. The largest absolute Gasteiger partial charge is 0.172 e. The monoisotopic (exact) mass is 308 g/mol. The van der Waals surface area contributed by atoms with Gasteiger partial charge in [-0.2, -0.15) is 8.75 Å². The van der Waals surface area contributed by atoms with Gasteiger partial charge in [-0.3, -0.25) is 0 Å². The normalized spacial score (nSPS) is 11.2. The van der Waals surface area contributed by atoms with E-state index in [0.29, 0.717) is 8.34 Å². The zero-order valence-corrected chi connectivity index (χ0v) is 9.78. The molecule has 0 saturated heterocycles. The fraction of sp³-hybridized carbons (Fsp3) is 0. The Labute approximate surface area is 95.2 Å². The van der Waals surface area contributed by atoms with E-state index < -0.39 is 0 Å². The van der Waals surface area contributed by atoms with Crippen LogP contribution in [-0.2, 0) is 0 Å².